The first-order valence-corrected chi connectivity index (χ1v) is 7.86. The number of hydrogen-bond acceptors (Lipinski definition) is 3. The van der Waals surface area contributed by atoms with Gasteiger partial charge in [-0.2, -0.15) is 0 Å². The first-order chi connectivity index (χ1) is 9.92. The normalized spacial score (nSPS) is 11.5. The number of oxime groups is 1. The van der Waals surface area contributed by atoms with Crippen LogP contribution in [0.3, 0.4) is 0 Å². The van der Waals surface area contributed by atoms with Crippen LogP contribution in [0.1, 0.15) is 5.56 Å². The predicted octanol–water partition coefficient (Wildman–Crippen LogP) is 5.41. The highest BCUT2D eigenvalue weighted by Gasteiger charge is 2.13. The molecule has 0 atom stereocenters. The summed E-state index contributed by atoms with van der Waals surface area (Å²) in [4.78, 5) is 0. The Kier molecular flexibility index (Phi) is 5.37. The van der Waals surface area contributed by atoms with E-state index in [4.69, 9.17) is 38.9 Å². The van der Waals surface area contributed by atoms with E-state index in [1.165, 1.54) is 0 Å². The molecule has 0 saturated carbocycles. The van der Waals surface area contributed by atoms with Crippen LogP contribution in [0.4, 0.5) is 0 Å². The second-order valence-corrected chi connectivity index (χ2v) is 6.51. The number of ether oxygens (including phenoxy) is 1. The third-order valence-corrected chi connectivity index (χ3v) is 4.51. The van der Waals surface area contributed by atoms with E-state index >= 15 is 0 Å². The van der Waals surface area contributed by atoms with E-state index in [0.717, 1.165) is 4.47 Å². The Labute approximate surface area is 147 Å². The van der Waals surface area contributed by atoms with Crippen LogP contribution in [0.5, 0.6) is 11.5 Å². The number of nitrogens with zero attached hydrogens (tertiary/aromatic N) is 1. The van der Waals surface area contributed by atoms with Crippen LogP contribution in [0.15, 0.2) is 44.4 Å². The minimum atomic E-state index is -0.0781. The molecule has 3 N–H and O–H groups in total. The predicted molar refractivity (Wildman–Crippen MR) is 90.9 cm³/mol. The molecule has 21 heavy (non-hydrogen) atoms. The van der Waals surface area contributed by atoms with E-state index in [0.29, 0.717) is 31.6 Å². The average molecular weight is 455 g/mol. The molecule has 110 valence electrons. The Morgan fingerprint density at radius 3 is 2.48 bits per heavy atom. The lowest BCUT2D eigenvalue weighted by atomic mass is 10.2. The maximum absolute atomic E-state index is 8.84. The largest absolute Gasteiger partial charge is 0.455 e. The first-order valence-electron chi connectivity index (χ1n) is 5.52. The van der Waals surface area contributed by atoms with E-state index in [-0.39, 0.29) is 5.84 Å². The van der Waals surface area contributed by atoms with Gasteiger partial charge in [0.05, 0.1) is 15.6 Å². The summed E-state index contributed by atoms with van der Waals surface area (Å²) < 4.78 is 7.15. The standard InChI is InChI=1S/C13H8Br2Cl2N2O2/c14-6-1-2-11(7(3-6)13(18)19-20)21-12-5-9(16)8(15)4-10(12)17/h1-5,20H,(H2,18,19). The van der Waals surface area contributed by atoms with Crippen molar-refractivity contribution in [1.29, 1.82) is 0 Å². The molecule has 2 aromatic carbocycles. The zero-order valence-corrected chi connectivity index (χ0v) is 15.0. The van der Waals surface area contributed by atoms with Crippen molar-refractivity contribution in [2.75, 3.05) is 0 Å². The highest BCUT2D eigenvalue weighted by Crippen LogP contribution is 2.37. The Morgan fingerprint density at radius 1 is 1.10 bits per heavy atom. The summed E-state index contributed by atoms with van der Waals surface area (Å²) in [6.07, 6.45) is 0. The van der Waals surface area contributed by atoms with Crippen molar-refractivity contribution in [2.24, 2.45) is 10.9 Å². The van der Waals surface area contributed by atoms with Crippen LogP contribution in [-0.4, -0.2) is 11.0 Å². The summed E-state index contributed by atoms with van der Waals surface area (Å²) in [5.74, 6) is 0.665. The van der Waals surface area contributed by atoms with Crippen molar-refractivity contribution < 1.29 is 9.94 Å². The van der Waals surface area contributed by atoms with Gasteiger partial charge in [-0.05, 0) is 40.2 Å². The zero-order valence-electron chi connectivity index (χ0n) is 10.3. The second-order valence-electron chi connectivity index (χ2n) is 3.92. The average Bonchev–Trinajstić information content (AvgIpc) is 2.45. The van der Waals surface area contributed by atoms with Gasteiger partial charge in [0.2, 0.25) is 0 Å². The van der Waals surface area contributed by atoms with E-state index in [2.05, 4.69) is 37.0 Å². The fraction of sp³-hybridized carbons (Fsp3) is 0. The van der Waals surface area contributed by atoms with Crippen LogP contribution in [0.25, 0.3) is 0 Å². The van der Waals surface area contributed by atoms with E-state index < -0.39 is 0 Å². The molecule has 0 radical (unpaired) electrons. The number of amidine groups is 1. The first kappa shape index (κ1) is 16.4. The molecule has 2 rings (SSSR count). The molecule has 4 nitrogen and oxygen atoms in total. The summed E-state index contributed by atoms with van der Waals surface area (Å²) in [5.41, 5.74) is 6.06. The lowest BCUT2D eigenvalue weighted by Crippen LogP contribution is -2.14. The molecule has 0 fully saturated rings. The van der Waals surface area contributed by atoms with Gasteiger partial charge in [-0.1, -0.05) is 44.3 Å². The van der Waals surface area contributed by atoms with Gasteiger partial charge in [0.15, 0.2) is 5.84 Å². The number of rotatable bonds is 3. The minimum Gasteiger partial charge on any atom is -0.455 e. The van der Waals surface area contributed by atoms with Crippen molar-refractivity contribution >= 4 is 60.9 Å². The van der Waals surface area contributed by atoms with Crippen LogP contribution < -0.4 is 10.5 Å². The summed E-state index contributed by atoms with van der Waals surface area (Å²) in [7, 11) is 0. The van der Waals surface area contributed by atoms with E-state index in [1.807, 2.05) is 0 Å². The number of benzene rings is 2. The van der Waals surface area contributed by atoms with Crippen molar-refractivity contribution in [1.82, 2.24) is 0 Å². The van der Waals surface area contributed by atoms with Gasteiger partial charge in [-0.15, -0.1) is 0 Å². The van der Waals surface area contributed by atoms with Gasteiger partial charge in [-0.3, -0.25) is 0 Å². The smallest absolute Gasteiger partial charge is 0.173 e. The number of halogens is 4. The van der Waals surface area contributed by atoms with Gasteiger partial charge in [0, 0.05) is 15.0 Å². The molecule has 0 aromatic heterocycles. The quantitative estimate of drug-likeness (QED) is 0.214. The Hall–Kier alpha value is -0.950. The molecule has 2 aromatic rings. The van der Waals surface area contributed by atoms with Gasteiger partial charge in [-0.25, -0.2) is 0 Å². The fourth-order valence-electron chi connectivity index (χ4n) is 1.55. The van der Waals surface area contributed by atoms with Crippen LogP contribution in [0, 0.1) is 0 Å². The molecular formula is C13H8Br2Cl2N2O2. The van der Waals surface area contributed by atoms with Gasteiger partial charge in [0.1, 0.15) is 11.5 Å². The molecule has 0 aliphatic carbocycles. The van der Waals surface area contributed by atoms with E-state index in [9.17, 15) is 0 Å². The summed E-state index contributed by atoms with van der Waals surface area (Å²) in [5, 5.41) is 12.7. The summed E-state index contributed by atoms with van der Waals surface area (Å²) in [6.45, 7) is 0. The Balaban J connectivity index is 2.47. The molecule has 0 aliphatic heterocycles. The highest BCUT2D eigenvalue weighted by atomic mass is 79.9. The summed E-state index contributed by atoms with van der Waals surface area (Å²) >= 11 is 18.7. The third kappa shape index (κ3) is 3.83. The maximum Gasteiger partial charge on any atom is 0.173 e. The van der Waals surface area contributed by atoms with E-state index in [1.54, 1.807) is 30.3 Å². The Morgan fingerprint density at radius 2 is 1.81 bits per heavy atom. The van der Waals surface area contributed by atoms with Crippen LogP contribution in [0.2, 0.25) is 10.0 Å². The summed E-state index contributed by atoms with van der Waals surface area (Å²) in [6, 6.07) is 8.30. The topological polar surface area (TPSA) is 67.8 Å². The molecule has 8 heteroatoms. The SMILES string of the molecule is N/C(=N/O)c1cc(Br)ccc1Oc1cc(Cl)c(Br)cc1Cl. The van der Waals surface area contributed by atoms with Crippen LogP contribution in [-0.2, 0) is 0 Å². The monoisotopic (exact) mass is 452 g/mol. The fourth-order valence-corrected chi connectivity index (χ4v) is 2.74. The molecule has 0 aliphatic rings. The number of hydrogen-bond donors (Lipinski definition) is 2. The Bertz CT molecular complexity index is 724. The van der Waals surface area contributed by atoms with Crippen molar-refractivity contribution in [3.8, 4) is 11.5 Å². The molecular weight excluding hydrogens is 447 g/mol. The minimum absolute atomic E-state index is 0.0781. The molecule has 0 bridgehead atoms. The lowest BCUT2D eigenvalue weighted by molar-refractivity contribution is 0.318. The lowest BCUT2D eigenvalue weighted by Gasteiger charge is -2.12. The van der Waals surface area contributed by atoms with Crippen molar-refractivity contribution in [2.45, 2.75) is 0 Å². The second kappa shape index (κ2) is 6.87. The molecule has 0 heterocycles. The highest BCUT2D eigenvalue weighted by molar-refractivity contribution is 9.10. The molecule has 0 spiro atoms. The van der Waals surface area contributed by atoms with Crippen molar-refractivity contribution in [3.63, 3.8) is 0 Å². The molecule has 0 saturated heterocycles. The third-order valence-electron chi connectivity index (χ3n) is 2.52. The maximum atomic E-state index is 8.84. The molecule has 0 unspecified atom stereocenters. The number of nitrogens with two attached hydrogens (primary N) is 1. The zero-order chi connectivity index (χ0) is 15.6. The van der Waals surface area contributed by atoms with Gasteiger partial charge in [0.25, 0.3) is 0 Å². The van der Waals surface area contributed by atoms with Gasteiger partial charge >= 0.3 is 0 Å². The van der Waals surface area contributed by atoms with Crippen LogP contribution >= 0.6 is 55.1 Å². The van der Waals surface area contributed by atoms with Gasteiger partial charge < -0.3 is 15.7 Å². The molecule has 0 amide bonds. The van der Waals surface area contributed by atoms with Crippen molar-refractivity contribution in [3.05, 3.63) is 54.9 Å².